The van der Waals surface area contributed by atoms with Crippen LogP contribution in [0.3, 0.4) is 0 Å². The molecule has 1 aliphatic heterocycles. The number of unbranched alkanes of at least 4 members (excludes halogenated alkanes) is 1. The third-order valence-electron chi connectivity index (χ3n) is 7.84. The molecule has 1 heterocycles. The van der Waals surface area contributed by atoms with E-state index in [0.29, 0.717) is 12.8 Å². The molecule has 0 saturated carbocycles. The lowest BCUT2D eigenvalue weighted by molar-refractivity contribution is -0.143. The lowest BCUT2D eigenvalue weighted by atomic mass is 9.97. The van der Waals surface area contributed by atoms with E-state index in [9.17, 15) is 58.5 Å². The standard InChI is InChI=1S/C29H48N8O12S2/c1-3-13(2)22-29(49)33-16(9-21(41)42)25(45)32-15(8-20(39)40)24(44)31-14(6-4-5-7-30)23(43)34-17(10-38)26(46)35-18(11-50)27(47)36-19(12-51)28(48)37-22/h13-19,22,38,50-51H,3-12,30H2,1-2H3,(H,31,44)(H,32,45)(H,33,49)(H,34,43)(H,35,46)(H,36,47)(H,37,48)(H,39,40)(H,41,42)/t13-,14-,15-,16-,17-,18-,19-,22-/m0/s1. The van der Waals surface area contributed by atoms with E-state index in [1.54, 1.807) is 13.8 Å². The van der Waals surface area contributed by atoms with Crippen LogP contribution in [0.25, 0.3) is 0 Å². The molecule has 0 unspecified atom stereocenters. The van der Waals surface area contributed by atoms with Crippen molar-refractivity contribution in [3.05, 3.63) is 0 Å². The van der Waals surface area contributed by atoms with Crippen LogP contribution < -0.4 is 43.0 Å². The molecule has 22 heteroatoms. The zero-order valence-electron chi connectivity index (χ0n) is 28.2. The Kier molecular flexibility index (Phi) is 19.9. The quantitative estimate of drug-likeness (QED) is 0.0621. The average molecular weight is 765 g/mol. The van der Waals surface area contributed by atoms with Gasteiger partial charge in [-0.2, -0.15) is 25.3 Å². The normalized spacial score (nSPS) is 26.9. The SMILES string of the molecule is CC[C@H](C)[C@@H]1NC(=O)[C@H](CS)NC(=O)[C@H](CS)NC(=O)[C@H](CO)NC(=O)[C@H](CCCCN)NC(=O)[C@H](CC(=O)O)NC(=O)[C@H](CC(=O)O)NC1=O. The lowest BCUT2D eigenvalue weighted by Crippen LogP contribution is -2.61. The third kappa shape index (κ3) is 14.9. The second-order valence-electron chi connectivity index (χ2n) is 11.8. The number of rotatable bonds is 13. The molecule has 0 aromatic rings. The van der Waals surface area contributed by atoms with Gasteiger partial charge in [-0.15, -0.1) is 0 Å². The first kappa shape index (κ1) is 44.9. The number of aliphatic hydroxyl groups excluding tert-OH is 1. The first-order valence-corrected chi connectivity index (χ1v) is 17.4. The summed E-state index contributed by atoms with van der Waals surface area (Å²) in [5, 5.41) is 45.0. The maximum absolute atomic E-state index is 13.5. The first-order chi connectivity index (χ1) is 24.0. The summed E-state index contributed by atoms with van der Waals surface area (Å²) in [6.45, 7) is 2.49. The maximum Gasteiger partial charge on any atom is 0.305 e. The molecule has 20 nitrogen and oxygen atoms in total. The molecule has 0 aromatic carbocycles. The van der Waals surface area contributed by atoms with Crippen molar-refractivity contribution in [2.45, 2.75) is 94.7 Å². The average Bonchev–Trinajstić information content (AvgIpc) is 3.07. The predicted molar refractivity (Wildman–Crippen MR) is 185 cm³/mol. The Balaban J connectivity index is 3.75. The summed E-state index contributed by atoms with van der Waals surface area (Å²) in [5.41, 5.74) is 5.54. The summed E-state index contributed by atoms with van der Waals surface area (Å²) in [4.78, 5) is 116. The van der Waals surface area contributed by atoms with Gasteiger partial charge in [0.05, 0.1) is 19.4 Å². The van der Waals surface area contributed by atoms with E-state index in [1.807, 2.05) is 0 Å². The van der Waals surface area contributed by atoms with Crippen LogP contribution in [0.15, 0.2) is 0 Å². The molecule has 12 N–H and O–H groups in total. The number of amides is 7. The Morgan fingerprint density at radius 2 is 1.00 bits per heavy atom. The molecule has 288 valence electrons. The molecular formula is C29H48N8O12S2. The summed E-state index contributed by atoms with van der Waals surface area (Å²) in [6, 6.07) is -11.1. The molecule has 8 atom stereocenters. The van der Waals surface area contributed by atoms with Crippen LogP contribution in [-0.4, -0.2) is 136 Å². The zero-order chi connectivity index (χ0) is 38.8. The van der Waals surface area contributed by atoms with Gasteiger partial charge < -0.3 is 58.3 Å². The summed E-state index contributed by atoms with van der Waals surface area (Å²) in [6.07, 6.45) is -1.21. The molecular weight excluding hydrogens is 716 g/mol. The maximum atomic E-state index is 13.5. The minimum Gasteiger partial charge on any atom is -0.481 e. The van der Waals surface area contributed by atoms with Gasteiger partial charge in [-0.3, -0.25) is 43.2 Å². The molecule has 0 bridgehead atoms. The van der Waals surface area contributed by atoms with Crippen molar-refractivity contribution in [1.29, 1.82) is 0 Å². The van der Waals surface area contributed by atoms with Gasteiger partial charge in [0.1, 0.15) is 42.3 Å². The number of aliphatic hydroxyl groups is 1. The molecule has 1 saturated heterocycles. The Morgan fingerprint density at radius 3 is 1.43 bits per heavy atom. The van der Waals surface area contributed by atoms with E-state index in [-0.39, 0.29) is 30.9 Å². The highest BCUT2D eigenvalue weighted by atomic mass is 32.1. The number of nitrogens with one attached hydrogen (secondary N) is 7. The van der Waals surface area contributed by atoms with E-state index in [0.717, 1.165) is 0 Å². The fourth-order valence-electron chi connectivity index (χ4n) is 4.69. The number of carboxylic acid groups (broad SMARTS) is 2. The highest BCUT2D eigenvalue weighted by Crippen LogP contribution is 2.11. The lowest BCUT2D eigenvalue weighted by Gasteiger charge is -2.28. The minimum absolute atomic E-state index is 0.0925. The number of aliphatic carboxylic acids is 2. The number of carboxylic acids is 2. The highest BCUT2D eigenvalue weighted by molar-refractivity contribution is 7.80. The summed E-state index contributed by atoms with van der Waals surface area (Å²) in [7, 11) is 0. The van der Waals surface area contributed by atoms with Crippen LogP contribution in [0.2, 0.25) is 0 Å². The fourth-order valence-corrected chi connectivity index (χ4v) is 5.20. The van der Waals surface area contributed by atoms with Gasteiger partial charge in [0, 0.05) is 11.5 Å². The summed E-state index contributed by atoms with van der Waals surface area (Å²) >= 11 is 8.18. The van der Waals surface area contributed by atoms with Gasteiger partial charge in [-0.1, -0.05) is 20.3 Å². The first-order valence-electron chi connectivity index (χ1n) is 16.1. The van der Waals surface area contributed by atoms with Crippen LogP contribution in [-0.2, 0) is 43.2 Å². The van der Waals surface area contributed by atoms with Crippen molar-refractivity contribution in [3.63, 3.8) is 0 Å². The Hall–Kier alpha value is -4.15. The van der Waals surface area contributed by atoms with Crippen LogP contribution in [0, 0.1) is 5.92 Å². The van der Waals surface area contributed by atoms with E-state index >= 15 is 0 Å². The van der Waals surface area contributed by atoms with Crippen molar-refractivity contribution in [3.8, 4) is 0 Å². The highest BCUT2D eigenvalue weighted by Gasteiger charge is 2.37. The largest absolute Gasteiger partial charge is 0.481 e. The molecule has 7 amide bonds. The molecule has 0 radical (unpaired) electrons. The second kappa shape index (κ2) is 22.6. The molecule has 0 aliphatic carbocycles. The van der Waals surface area contributed by atoms with E-state index in [2.05, 4.69) is 62.5 Å². The predicted octanol–water partition coefficient (Wildman–Crippen LogP) is -4.63. The van der Waals surface area contributed by atoms with Crippen LogP contribution in [0.5, 0.6) is 0 Å². The molecule has 0 aromatic heterocycles. The van der Waals surface area contributed by atoms with Crippen LogP contribution in [0.4, 0.5) is 0 Å². The number of hydrogen-bond acceptors (Lipinski definition) is 13. The Morgan fingerprint density at radius 1 is 0.627 bits per heavy atom. The Bertz CT molecular complexity index is 1290. The molecule has 1 aliphatic rings. The van der Waals surface area contributed by atoms with E-state index in [4.69, 9.17) is 5.73 Å². The van der Waals surface area contributed by atoms with Gasteiger partial charge in [0.25, 0.3) is 0 Å². The molecule has 1 rings (SSSR count). The number of nitrogens with two attached hydrogens (primary N) is 1. The minimum atomic E-state index is -1.89. The number of carbonyl (C=O) groups is 9. The number of thiol groups is 2. The molecule has 51 heavy (non-hydrogen) atoms. The van der Waals surface area contributed by atoms with Crippen LogP contribution >= 0.6 is 25.3 Å². The van der Waals surface area contributed by atoms with Crippen molar-refractivity contribution in [2.24, 2.45) is 11.7 Å². The second-order valence-corrected chi connectivity index (χ2v) is 12.5. The van der Waals surface area contributed by atoms with Gasteiger partial charge in [-0.25, -0.2) is 0 Å². The molecule has 1 fully saturated rings. The van der Waals surface area contributed by atoms with Crippen molar-refractivity contribution < 1.29 is 58.5 Å². The van der Waals surface area contributed by atoms with Crippen molar-refractivity contribution in [1.82, 2.24) is 37.2 Å². The van der Waals surface area contributed by atoms with Gasteiger partial charge in [-0.05, 0) is 31.7 Å². The molecule has 0 spiro atoms. The van der Waals surface area contributed by atoms with E-state index in [1.165, 1.54) is 0 Å². The van der Waals surface area contributed by atoms with Gasteiger partial charge in [0.2, 0.25) is 41.4 Å². The Labute approximate surface area is 304 Å². The smallest absolute Gasteiger partial charge is 0.305 e. The van der Waals surface area contributed by atoms with Crippen molar-refractivity contribution >= 4 is 78.5 Å². The van der Waals surface area contributed by atoms with Gasteiger partial charge in [0.15, 0.2) is 0 Å². The zero-order valence-corrected chi connectivity index (χ0v) is 30.0. The number of hydrogen-bond donors (Lipinski definition) is 13. The third-order valence-corrected chi connectivity index (χ3v) is 8.57. The monoisotopic (exact) mass is 764 g/mol. The van der Waals surface area contributed by atoms with Gasteiger partial charge >= 0.3 is 11.9 Å². The number of carbonyl (C=O) groups excluding carboxylic acids is 7. The van der Waals surface area contributed by atoms with E-state index < -0.39 is 121 Å². The fraction of sp³-hybridized carbons (Fsp3) is 0.690. The van der Waals surface area contributed by atoms with Crippen molar-refractivity contribution in [2.75, 3.05) is 24.7 Å². The summed E-state index contributed by atoms with van der Waals surface area (Å²) < 4.78 is 0. The van der Waals surface area contributed by atoms with Crippen LogP contribution in [0.1, 0.15) is 52.4 Å². The topological polar surface area (TPSA) is 325 Å². The summed E-state index contributed by atoms with van der Waals surface area (Å²) in [5.74, 6) is -11.7.